The molecule has 86 valence electrons. The fourth-order valence-electron chi connectivity index (χ4n) is 1.15. The Morgan fingerprint density at radius 3 is 3.19 bits per heavy atom. The molecule has 2 aromatic heterocycles. The van der Waals surface area contributed by atoms with Crippen molar-refractivity contribution in [2.45, 2.75) is 18.7 Å². The van der Waals surface area contributed by atoms with E-state index in [1.54, 1.807) is 23.1 Å². The Bertz CT molecular complexity index is 425. The first kappa shape index (κ1) is 11.6. The van der Waals surface area contributed by atoms with Crippen molar-refractivity contribution in [1.29, 1.82) is 0 Å². The Hall–Kier alpha value is -0.850. The Balaban J connectivity index is 1.93. The second kappa shape index (κ2) is 5.47. The van der Waals surface area contributed by atoms with E-state index in [1.807, 2.05) is 23.8 Å². The van der Waals surface area contributed by atoms with Crippen LogP contribution in [0.2, 0.25) is 0 Å². The first-order valence-electron chi connectivity index (χ1n) is 4.94. The highest BCUT2D eigenvalue weighted by molar-refractivity contribution is 7.98. The lowest BCUT2D eigenvalue weighted by atomic mass is 10.3. The Labute approximate surface area is 102 Å². The molecule has 0 aliphatic heterocycles. The summed E-state index contributed by atoms with van der Waals surface area (Å²) in [4.78, 5) is 4.32. The van der Waals surface area contributed by atoms with E-state index < -0.39 is 0 Å². The zero-order valence-corrected chi connectivity index (χ0v) is 10.6. The molecule has 0 amide bonds. The number of hydrogen-bond acceptors (Lipinski definition) is 6. The van der Waals surface area contributed by atoms with Crippen molar-refractivity contribution < 1.29 is 4.52 Å². The minimum Gasteiger partial charge on any atom is -0.334 e. The number of aromatic nitrogens is 2. The van der Waals surface area contributed by atoms with E-state index in [0.717, 1.165) is 22.9 Å². The zero-order valence-electron chi connectivity index (χ0n) is 8.92. The maximum atomic E-state index is 5.66. The van der Waals surface area contributed by atoms with Gasteiger partial charge in [0.1, 0.15) is 0 Å². The summed E-state index contributed by atoms with van der Waals surface area (Å²) in [6.07, 6.45) is 0. The highest BCUT2D eigenvalue weighted by atomic mass is 32.2. The molecule has 0 aliphatic carbocycles. The van der Waals surface area contributed by atoms with Crippen molar-refractivity contribution in [2.75, 3.05) is 5.75 Å². The number of nitrogens with two attached hydrogens (primary N) is 1. The summed E-state index contributed by atoms with van der Waals surface area (Å²) in [6.45, 7) is 1.99. The van der Waals surface area contributed by atoms with Gasteiger partial charge in [-0.25, -0.2) is 0 Å². The highest BCUT2D eigenvalue weighted by Gasteiger charge is 2.08. The van der Waals surface area contributed by atoms with Crippen molar-refractivity contribution in [3.63, 3.8) is 0 Å². The number of hydrogen-bond donors (Lipinski definition) is 1. The molecule has 2 heterocycles. The van der Waals surface area contributed by atoms with Crippen LogP contribution in [0.25, 0.3) is 11.5 Å². The summed E-state index contributed by atoms with van der Waals surface area (Å²) in [7, 11) is 0. The molecule has 1 unspecified atom stereocenters. The van der Waals surface area contributed by atoms with Gasteiger partial charge in [-0.2, -0.15) is 28.1 Å². The SMILES string of the molecule is CC(N)CSCc1noc(-c2ccsc2)n1. The van der Waals surface area contributed by atoms with Gasteiger partial charge < -0.3 is 10.3 Å². The molecule has 0 aromatic carbocycles. The van der Waals surface area contributed by atoms with E-state index in [1.165, 1.54) is 0 Å². The van der Waals surface area contributed by atoms with Crippen LogP contribution in [-0.4, -0.2) is 21.9 Å². The van der Waals surface area contributed by atoms with Crippen LogP contribution < -0.4 is 5.73 Å². The van der Waals surface area contributed by atoms with E-state index in [0.29, 0.717) is 5.89 Å². The molecule has 2 aromatic rings. The molecule has 6 heteroatoms. The molecule has 0 fully saturated rings. The molecule has 1 atom stereocenters. The van der Waals surface area contributed by atoms with Gasteiger partial charge >= 0.3 is 0 Å². The monoisotopic (exact) mass is 255 g/mol. The van der Waals surface area contributed by atoms with Gasteiger partial charge in [0.2, 0.25) is 0 Å². The number of rotatable bonds is 5. The van der Waals surface area contributed by atoms with E-state index >= 15 is 0 Å². The van der Waals surface area contributed by atoms with Crippen LogP contribution in [-0.2, 0) is 5.75 Å². The molecule has 4 nitrogen and oxygen atoms in total. The van der Waals surface area contributed by atoms with Gasteiger partial charge in [0.25, 0.3) is 5.89 Å². The van der Waals surface area contributed by atoms with Gasteiger partial charge in [-0.1, -0.05) is 5.16 Å². The fourth-order valence-corrected chi connectivity index (χ4v) is 2.57. The molecule has 0 radical (unpaired) electrons. The first-order chi connectivity index (χ1) is 7.75. The Kier molecular flexibility index (Phi) is 3.98. The summed E-state index contributed by atoms with van der Waals surface area (Å²) < 4.78 is 5.17. The predicted molar refractivity (Wildman–Crippen MR) is 67.4 cm³/mol. The zero-order chi connectivity index (χ0) is 11.4. The van der Waals surface area contributed by atoms with Crippen molar-refractivity contribution in [3.05, 3.63) is 22.7 Å². The molecular weight excluding hydrogens is 242 g/mol. The maximum absolute atomic E-state index is 5.66. The molecule has 0 saturated carbocycles. The predicted octanol–water partition coefficient (Wildman–Crippen LogP) is 2.38. The lowest BCUT2D eigenvalue weighted by Gasteiger charge is -2.00. The molecular formula is C10H13N3OS2. The van der Waals surface area contributed by atoms with E-state index in [4.69, 9.17) is 10.3 Å². The molecule has 0 bridgehead atoms. The molecule has 2 N–H and O–H groups in total. The Morgan fingerprint density at radius 1 is 1.62 bits per heavy atom. The average Bonchev–Trinajstić information content (AvgIpc) is 2.85. The van der Waals surface area contributed by atoms with Crippen LogP contribution in [0.15, 0.2) is 21.3 Å². The van der Waals surface area contributed by atoms with Gasteiger partial charge in [-0.3, -0.25) is 0 Å². The van der Waals surface area contributed by atoms with Crippen LogP contribution in [0.4, 0.5) is 0 Å². The average molecular weight is 255 g/mol. The fraction of sp³-hybridized carbons (Fsp3) is 0.400. The molecule has 0 saturated heterocycles. The minimum atomic E-state index is 0.202. The second-order valence-electron chi connectivity index (χ2n) is 3.52. The van der Waals surface area contributed by atoms with Crippen LogP contribution in [0, 0.1) is 0 Å². The van der Waals surface area contributed by atoms with E-state index in [9.17, 15) is 0 Å². The van der Waals surface area contributed by atoms with Gasteiger partial charge in [0.05, 0.1) is 11.3 Å². The van der Waals surface area contributed by atoms with E-state index in [2.05, 4.69) is 10.1 Å². The van der Waals surface area contributed by atoms with Gasteiger partial charge in [-0.15, -0.1) is 0 Å². The van der Waals surface area contributed by atoms with Crippen molar-refractivity contribution >= 4 is 23.1 Å². The Morgan fingerprint density at radius 2 is 2.50 bits per heavy atom. The quantitative estimate of drug-likeness (QED) is 0.888. The van der Waals surface area contributed by atoms with Gasteiger partial charge in [0, 0.05) is 17.2 Å². The molecule has 16 heavy (non-hydrogen) atoms. The highest BCUT2D eigenvalue weighted by Crippen LogP contribution is 2.21. The van der Waals surface area contributed by atoms with Crippen molar-refractivity contribution in [1.82, 2.24) is 10.1 Å². The first-order valence-corrected chi connectivity index (χ1v) is 7.04. The number of thioether (sulfide) groups is 1. The summed E-state index contributed by atoms with van der Waals surface area (Å²) >= 11 is 3.33. The van der Waals surface area contributed by atoms with Crippen LogP contribution in [0.5, 0.6) is 0 Å². The van der Waals surface area contributed by atoms with Crippen LogP contribution in [0.1, 0.15) is 12.7 Å². The number of nitrogens with zero attached hydrogens (tertiary/aromatic N) is 2. The summed E-state index contributed by atoms with van der Waals surface area (Å²) in [5.41, 5.74) is 6.64. The maximum Gasteiger partial charge on any atom is 0.258 e. The van der Waals surface area contributed by atoms with Crippen LogP contribution in [0.3, 0.4) is 0 Å². The molecule has 0 aliphatic rings. The van der Waals surface area contributed by atoms with Crippen molar-refractivity contribution in [2.24, 2.45) is 5.73 Å². The minimum absolute atomic E-state index is 0.202. The third-order valence-electron chi connectivity index (χ3n) is 1.85. The summed E-state index contributed by atoms with van der Waals surface area (Å²) in [6, 6.07) is 2.17. The van der Waals surface area contributed by atoms with E-state index in [-0.39, 0.29) is 6.04 Å². The lowest BCUT2D eigenvalue weighted by Crippen LogP contribution is -2.17. The third-order valence-corrected chi connectivity index (χ3v) is 3.76. The van der Waals surface area contributed by atoms with Crippen molar-refractivity contribution in [3.8, 4) is 11.5 Å². The summed E-state index contributed by atoms with van der Waals surface area (Å²) in [5.74, 6) is 2.97. The molecule has 0 spiro atoms. The number of thiophene rings is 1. The smallest absolute Gasteiger partial charge is 0.258 e. The third kappa shape index (κ3) is 3.07. The van der Waals surface area contributed by atoms with Gasteiger partial charge in [-0.05, 0) is 18.4 Å². The van der Waals surface area contributed by atoms with Gasteiger partial charge in [0.15, 0.2) is 5.82 Å². The normalized spacial score (nSPS) is 12.9. The topological polar surface area (TPSA) is 64.9 Å². The summed E-state index contributed by atoms with van der Waals surface area (Å²) in [5, 5.41) is 7.91. The van der Waals surface area contributed by atoms with Crippen LogP contribution >= 0.6 is 23.1 Å². The molecule has 2 rings (SSSR count). The largest absolute Gasteiger partial charge is 0.334 e. The second-order valence-corrected chi connectivity index (χ2v) is 5.33. The lowest BCUT2D eigenvalue weighted by molar-refractivity contribution is 0.425. The standard InChI is InChI=1S/C10H13N3OS2/c1-7(11)4-16-6-9-12-10(14-13-9)8-2-3-15-5-8/h2-3,5,7H,4,6,11H2,1H3.